The maximum atomic E-state index is 11.7. The first-order valence-electron chi connectivity index (χ1n) is 6.76. The lowest BCUT2D eigenvalue weighted by Crippen LogP contribution is -2.21. The Morgan fingerprint density at radius 1 is 1.33 bits per heavy atom. The molecular formula is C14H19N5O2. The number of aromatic amines is 1. The highest BCUT2D eigenvalue weighted by Crippen LogP contribution is 2.14. The predicted molar refractivity (Wildman–Crippen MR) is 79.0 cm³/mol. The van der Waals surface area contributed by atoms with Gasteiger partial charge >= 0.3 is 0 Å². The average molecular weight is 289 g/mol. The van der Waals surface area contributed by atoms with Crippen LogP contribution in [0.25, 0.3) is 11.5 Å². The number of H-pyrrole nitrogens is 1. The molecule has 0 radical (unpaired) electrons. The zero-order valence-electron chi connectivity index (χ0n) is 12.4. The molecule has 0 fully saturated rings. The van der Waals surface area contributed by atoms with Crippen molar-refractivity contribution in [2.75, 3.05) is 13.7 Å². The van der Waals surface area contributed by atoms with Crippen LogP contribution in [0.2, 0.25) is 0 Å². The van der Waals surface area contributed by atoms with Crippen LogP contribution in [0.1, 0.15) is 19.5 Å². The van der Waals surface area contributed by atoms with Gasteiger partial charge in [-0.2, -0.15) is 0 Å². The number of nitrogens with zero attached hydrogens (tertiary/aromatic N) is 3. The van der Waals surface area contributed by atoms with Crippen molar-refractivity contribution in [3.8, 4) is 17.4 Å². The van der Waals surface area contributed by atoms with Crippen molar-refractivity contribution >= 4 is 0 Å². The molecule has 2 aromatic rings. The fourth-order valence-corrected chi connectivity index (χ4v) is 1.79. The molecular weight excluding hydrogens is 270 g/mol. The number of methoxy groups -OCH3 is 1. The molecule has 0 spiro atoms. The van der Waals surface area contributed by atoms with Gasteiger partial charge in [0.15, 0.2) is 5.82 Å². The molecule has 0 aromatic carbocycles. The zero-order chi connectivity index (χ0) is 15.2. The second-order valence-electron chi connectivity index (χ2n) is 5.06. The van der Waals surface area contributed by atoms with Crippen LogP contribution >= 0.6 is 0 Å². The summed E-state index contributed by atoms with van der Waals surface area (Å²) in [7, 11) is 1.52. The molecule has 0 saturated carbocycles. The minimum atomic E-state index is -0.209. The molecule has 112 valence electrons. The first kappa shape index (κ1) is 15.1. The Bertz CT molecular complexity index is 654. The third-order valence-corrected chi connectivity index (χ3v) is 2.75. The number of hydrogen-bond donors (Lipinski definition) is 2. The minimum Gasteiger partial charge on any atom is -0.481 e. The van der Waals surface area contributed by atoms with Gasteiger partial charge in [0.1, 0.15) is 12.0 Å². The lowest BCUT2D eigenvalue weighted by molar-refractivity contribution is 0.397. The third kappa shape index (κ3) is 4.35. The second kappa shape index (κ2) is 6.94. The molecule has 0 aliphatic heterocycles. The monoisotopic (exact) mass is 289 g/mol. The lowest BCUT2D eigenvalue weighted by atomic mass is 10.2. The second-order valence-corrected chi connectivity index (χ2v) is 5.06. The maximum absolute atomic E-state index is 11.7. The Labute approximate surface area is 122 Å². The molecule has 0 unspecified atom stereocenters. The Balaban J connectivity index is 2.23. The third-order valence-electron chi connectivity index (χ3n) is 2.75. The number of ether oxygens (including phenoxy) is 1. The first-order chi connectivity index (χ1) is 10.1. The maximum Gasteiger partial charge on any atom is 0.251 e. The molecule has 0 bridgehead atoms. The Morgan fingerprint density at radius 3 is 2.86 bits per heavy atom. The summed E-state index contributed by atoms with van der Waals surface area (Å²) in [5, 5.41) is 3.26. The summed E-state index contributed by atoms with van der Waals surface area (Å²) in [6.45, 7) is 5.65. The molecule has 7 heteroatoms. The number of hydrogen-bond acceptors (Lipinski definition) is 6. The lowest BCUT2D eigenvalue weighted by Gasteiger charge is -2.08. The summed E-state index contributed by atoms with van der Waals surface area (Å²) >= 11 is 0. The summed E-state index contributed by atoms with van der Waals surface area (Å²) in [4.78, 5) is 26.9. The van der Waals surface area contributed by atoms with Crippen molar-refractivity contribution in [1.82, 2.24) is 25.3 Å². The molecule has 7 nitrogen and oxygen atoms in total. The van der Waals surface area contributed by atoms with Crippen molar-refractivity contribution < 1.29 is 4.74 Å². The summed E-state index contributed by atoms with van der Waals surface area (Å²) in [5.41, 5.74) is 0.982. The van der Waals surface area contributed by atoms with Gasteiger partial charge in [0, 0.05) is 18.7 Å². The van der Waals surface area contributed by atoms with Crippen molar-refractivity contribution in [1.29, 1.82) is 0 Å². The molecule has 0 aliphatic rings. The van der Waals surface area contributed by atoms with Crippen molar-refractivity contribution in [3.63, 3.8) is 0 Å². The molecule has 21 heavy (non-hydrogen) atoms. The SMILES string of the molecule is COc1cc(-c2nc(CNCC(C)C)cc(=O)[nH]2)ncn1. The van der Waals surface area contributed by atoms with E-state index in [1.165, 1.54) is 19.5 Å². The van der Waals surface area contributed by atoms with Crippen LogP contribution in [-0.4, -0.2) is 33.6 Å². The highest BCUT2D eigenvalue weighted by Gasteiger charge is 2.07. The van der Waals surface area contributed by atoms with E-state index in [0.29, 0.717) is 35.6 Å². The largest absolute Gasteiger partial charge is 0.481 e. The zero-order valence-corrected chi connectivity index (χ0v) is 12.4. The van der Waals surface area contributed by atoms with Gasteiger partial charge in [-0.05, 0) is 12.5 Å². The number of nitrogens with one attached hydrogen (secondary N) is 2. The van der Waals surface area contributed by atoms with E-state index in [0.717, 1.165) is 6.54 Å². The highest BCUT2D eigenvalue weighted by molar-refractivity contribution is 5.49. The van der Waals surface area contributed by atoms with E-state index in [1.807, 2.05) is 0 Å². The average Bonchev–Trinajstić information content (AvgIpc) is 2.46. The first-order valence-corrected chi connectivity index (χ1v) is 6.76. The van der Waals surface area contributed by atoms with Crippen molar-refractivity contribution in [3.05, 3.63) is 34.5 Å². The molecule has 2 heterocycles. The predicted octanol–water partition coefficient (Wildman–Crippen LogP) is 0.981. The summed E-state index contributed by atoms with van der Waals surface area (Å²) in [6, 6.07) is 3.11. The summed E-state index contributed by atoms with van der Waals surface area (Å²) in [5.74, 6) is 1.37. The Morgan fingerprint density at radius 2 is 2.14 bits per heavy atom. The van der Waals surface area contributed by atoms with E-state index < -0.39 is 0 Å². The van der Waals surface area contributed by atoms with E-state index >= 15 is 0 Å². The van der Waals surface area contributed by atoms with Gasteiger partial charge in [0.25, 0.3) is 5.56 Å². The van der Waals surface area contributed by atoms with Crippen LogP contribution in [0.15, 0.2) is 23.3 Å². The smallest absolute Gasteiger partial charge is 0.251 e. The molecule has 0 amide bonds. The Kier molecular flexibility index (Phi) is 4.99. The molecule has 0 atom stereocenters. The fraction of sp³-hybridized carbons (Fsp3) is 0.429. The standard InChI is InChI=1S/C14H19N5O2/c1-9(2)6-15-7-10-4-12(20)19-14(18-10)11-5-13(21-3)17-8-16-11/h4-5,8-9,15H,6-7H2,1-3H3,(H,18,19,20). The molecule has 2 rings (SSSR count). The van der Waals surface area contributed by atoms with Crippen LogP contribution < -0.4 is 15.6 Å². The van der Waals surface area contributed by atoms with Gasteiger partial charge in [-0.3, -0.25) is 4.79 Å². The van der Waals surface area contributed by atoms with Gasteiger partial charge in [-0.25, -0.2) is 15.0 Å². The van der Waals surface area contributed by atoms with Crippen LogP contribution in [-0.2, 0) is 6.54 Å². The van der Waals surface area contributed by atoms with E-state index in [4.69, 9.17) is 4.74 Å². The summed E-state index contributed by atoms with van der Waals surface area (Å²) in [6.07, 6.45) is 1.37. The van der Waals surface area contributed by atoms with Gasteiger partial charge in [0.05, 0.1) is 12.8 Å². The number of aromatic nitrogens is 4. The van der Waals surface area contributed by atoms with Gasteiger partial charge in [-0.1, -0.05) is 13.8 Å². The topological polar surface area (TPSA) is 92.8 Å². The van der Waals surface area contributed by atoms with E-state index in [2.05, 4.69) is 39.1 Å². The molecule has 2 aromatic heterocycles. The van der Waals surface area contributed by atoms with Crippen LogP contribution in [0.4, 0.5) is 0 Å². The minimum absolute atomic E-state index is 0.209. The molecule has 0 saturated heterocycles. The van der Waals surface area contributed by atoms with E-state index in [1.54, 1.807) is 6.07 Å². The van der Waals surface area contributed by atoms with E-state index in [9.17, 15) is 4.79 Å². The van der Waals surface area contributed by atoms with Crippen molar-refractivity contribution in [2.24, 2.45) is 5.92 Å². The Hall–Kier alpha value is -2.28. The molecule has 2 N–H and O–H groups in total. The molecule has 0 aliphatic carbocycles. The van der Waals surface area contributed by atoms with Gasteiger partial charge in [-0.15, -0.1) is 0 Å². The summed E-state index contributed by atoms with van der Waals surface area (Å²) < 4.78 is 5.04. The fourth-order valence-electron chi connectivity index (χ4n) is 1.79. The normalized spacial score (nSPS) is 10.9. The van der Waals surface area contributed by atoms with Crippen LogP contribution in [0, 0.1) is 5.92 Å². The van der Waals surface area contributed by atoms with E-state index in [-0.39, 0.29) is 5.56 Å². The van der Waals surface area contributed by atoms with Crippen LogP contribution in [0.3, 0.4) is 0 Å². The quantitative estimate of drug-likeness (QED) is 0.823. The van der Waals surface area contributed by atoms with Crippen LogP contribution in [0.5, 0.6) is 5.88 Å². The highest BCUT2D eigenvalue weighted by atomic mass is 16.5. The van der Waals surface area contributed by atoms with Crippen molar-refractivity contribution in [2.45, 2.75) is 20.4 Å². The van der Waals surface area contributed by atoms with Gasteiger partial charge < -0.3 is 15.0 Å². The number of rotatable bonds is 6. The van der Waals surface area contributed by atoms with Gasteiger partial charge in [0.2, 0.25) is 5.88 Å².